The third kappa shape index (κ3) is 3.88. The highest BCUT2D eigenvalue weighted by molar-refractivity contribution is 5.96. The van der Waals surface area contributed by atoms with E-state index in [4.69, 9.17) is 4.74 Å². The smallest absolute Gasteiger partial charge is 0.343 e. The minimum Gasteiger partial charge on any atom is -0.872 e. The molecule has 0 aliphatic heterocycles. The summed E-state index contributed by atoms with van der Waals surface area (Å²) in [5, 5.41) is 27.1. The molecule has 9 heteroatoms. The molecule has 0 spiro atoms. The summed E-state index contributed by atoms with van der Waals surface area (Å²) in [4.78, 5) is 26.8. The van der Waals surface area contributed by atoms with Crippen LogP contribution in [0.5, 0.6) is 5.75 Å². The molecule has 0 fully saturated rings. The Morgan fingerprint density at radius 3 is 2.71 bits per heavy atom. The van der Waals surface area contributed by atoms with Crippen molar-refractivity contribution < 1.29 is 19.6 Å². The number of esters is 1. The van der Waals surface area contributed by atoms with Crippen LogP contribution < -0.4 is 5.11 Å². The van der Waals surface area contributed by atoms with E-state index in [9.17, 15) is 20.0 Å². The van der Waals surface area contributed by atoms with Gasteiger partial charge in [0.25, 0.3) is 5.69 Å². The lowest BCUT2D eigenvalue weighted by molar-refractivity contribution is -0.385. The van der Waals surface area contributed by atoms with Crippen molar-refractivity contribution >= 4 is 23.7 Å². The number of rotatable bonds is 6. The van der Waals surface area contributed by atoms with Gasteiger partial charge in [0, 0.05) is 18.3 Å². The first kappa shape index (κ1) is 18.8. The lowest BCUT2D eigenvalue weighted by atomic mass is 10.2. The predicted molar refractivity (Wildman–Crippen MR) is 99.3 cm³/mol. The summed E-state index contributed by atoms with van der Waals surface area (Å²) in [6.45, 7) is 1.85. The number of carbonyl (C=O) groups is 1. The third-order valence-corrected chi connectivity index (χ3v) is 3.77. The fourth-order valence-corrected chi connectivity index (χ4v) is 2.46. The van der Waals surface area contributed by atoms with E-state index < -0.39 is 16.6 Å². The Morgan fingerprint density at radius 2 is 2.04 bits per heavy atom. The van der Waals surface area contributed by atoms with Crippen molar-refractivity contribution in [3.8, 4) is 11.4 Å². The molecule has 0 bridgehead atoms. The fraction of sp³-hybridized carbons (Fsp3) is 0.105. The van der Waals surface area contributed by atoms with Crippen LogP contribution in [0.3, 0.4) is 0 Å². The van der Waals surface area contributed by atoms with Crippen molar-refractivity contribution in [1.29, 1.82) is 0 Å². The Labute approximate surface area is 159 Å². The summed E-state index contributed by atoms with van der Waals surface area (Å²) in [7, 11) is 0. The van der Waals surface area contributed by atoms with Crippen LogP contribution in [0.15, 0.2) is 59.7 Å². The first-order valence-corrected chi connectivity index (χ1v) is 8.31. The molecule has 2 aromatic carbocycles. The fourth-order valence-electron chi connectivity index (χ4n) is 2.46. The molecule has 0 unspecified atom stereocenters. The molecular formula is C19H15N4O5-. The monoisotopic (exact) mass is 379 g/mol. The molecule has 3 rings (SSSR count). The molecule has 28 heavy (non-hydrogen) atoms. The van der Waals surface area contributed by atoms with Crippen LogP contribution >= 0.6 is 0 Å². The number of aromatic nitrogens is 2. The second kappa shape index (κ2) is 8.12. The molecule has 0 amide bonds. The minimum atomic E-state index is -0.613. The van der Waals surface area contributed by atoms with Crippen molar-refractivity contribution in [1.82, 2.24) is 9.78 Å². The normalized spacial score (nSPS) is 10.9. The number of hydrogen-bond donors (Lipinski definition) is 0. The van der Waals surface area contributed by atoms with Gasteiger partial charge in [-0.25, -0.2) is 14.5 Å². The summed E-state index contributed by atoms with van der Waals surface area (Å²) < 4.78 is 6.45. The van der Waals surface area contributed by atoms with Gasteiger partial charge in [-0.15, -0.1) is 0 Å². The zero-order valence-corrected chi connectivity index (χ0v) is 14.8. The lowest BCUT2D eigenvalue weighted by Crippen LogP contribution is -2.05. The molecule has 0 saturated carbocycles. The van der Waals surface area contributed by atoms with Crippen LogP contribution in [0.1, 0.15) is 22.8 Å². The Bertz CT molecular complexity index is 1040. The summed E-state index contributed by atoms with van der Waals surface area (Å²) in [5.74, 6) is -0.897. The van der Waals surface area contributed by atoms with Gasteiger partial charge in [0.15, 0.2) is 5.82 Å². The van der Waals surface area contributed by atoms with Gasteiger partial charge in [0.1, 0.15) is 5.56 Å². The molecule has 0 radical (unpaired) electrons. The molecule has 0 atom stereocenters. The van der Waals surface area contributed by atoms with Gasteiger partial charge in [-0.3, -0.25) is 10.1 Å². The lowest BCUT2D eigenvalue weighted by Gasteiger charge is -2.09. The number of hydrogen-bond acceptors (Lipinski definition) is 7. The molecule has 0 aliphatic carbocycles. The first-order chi connectivity index (χ1) is 13.5. The van der Waals surface area contributed by atoms with Gasteiger partial charge < -0.3 is 9.84 Å². The molecule has 1 heterocycles. The van der Waals surface area contributed by atoms with E-state index in [1.54, 1.807) is 31.2 Å². The van der Waals surface area contributed by atoms with Crippen LogP contribution in [0.25, 0.3) is 5.69 Å². The number of non-ortho nitro benzene ring substituents is 1. The number of nitrogens with zero attached hydrogens (tertiary/aromatic N) is 4. The zero-order chi connectivity index (χ0) is 20.1. The van der Waals surface area contributed by atoms with E-state index in [1.807, 2.05) is 6.07 Å². The van der Waals surface area contributed by atoms with E-state index in [2.05, 4.69) is 10.1 Å². The Hall–Kier alpha value is -4.01. The summed E-state index contributed by atoms with van der Waals surface area (Å²) in [6.07, 6.45) is 2.50. The molecule has 0 saturated heterocycles. The molecule has 0 aliphatic rings. The summed E-state index contributed by atoms with van der Waals surface area (Å²) in [6, 6.07) is 12.3. The third-order valence-electron chi connectivity index (χ3n) is 3.77. The van der Waals surface area contributed by atoms with E-state index >= 15 is 0 Å². The Kier molecular flexibility index (Phi) is 5.45. The van der Waals surface area contributed by atoms with Crippen molar-refractivity contribution in [3.63, 3.8) is 0 Å². The number of nitro groups is 1. The van der Waals surface area contributed by atoms with Crippen LogP contribution in [0, 0.1) is 10.1 Å². The van der Waals surface area contributed by atoms with Crippen LogP contribution in [-0.2, 0) is 4.74 Å². The number of benzene rings is 2. The number of para-hydroxylation sites is 1. The number of carbonyl (C=O) groups excluding carboxylic acids is 1. The van der Waals surface area contributed by atoms with Crippen LogP contribution in [-0.4, -0.2) is 33.5 Å². The van der Waals surface area contributed by atoms with E-state index in [0.29, 0.717) is 5.69 Å². The maximum atomic E-state index is 12.2. The Morgan fingerprint density at radius 1 is 1.29 bits per heavy atom. The molecule has 0 N–H and O–H groups in total. The minimum absolute atomic E-state index is 0.0184. The van der Waals surface area contributed by atoms with E-state index in [-0.39, 0.29) is 29.2 Å². The molecule has 9 nitrogen and oxygen atoms in total. The van der Waals surface area contributed by atoms with Gasteiger partial charge in [-0.2, -0.15) is 5.10 Å². The number of ether oxygens (including phenoxy) is 1. The molecule has 3 aromatic rings. The van der Waals surface area contributed by atoms with Crippen molar-refractivity contribution in [2.24, 2.45) is 4.99 Å². The number of nitro benzene ring substituents is 1. The van der Waals surface area contributed by atoms with E-state index in [0.717, 1.165) is 18.2 Å². The van der Waals surface area contributed by atoms with Crippen molar-refractivity contribution in [2.45, 2.75) is 6.92 Å². The standard InChI is InChI=1S/C19H16N4O5/c1-2-28-19(25)16-12-21-22(14-6-4-3-5-7-14)18(16)20-11-13-10-15(23(26)27)8-9-17(13)24/h3-12,24H,2H2,1H3/p-1. The zero-order valence-electron chi connectivity index (χ0n) is 14.8. The summed E-state index contributed by atoms with van der Waals surface area (Å²) >= 11 is 0. The first-order valence-electron chi connectivity index (χ1n) is 8.31. The molecule has 142 valence electrons. The van der Waals surface area contributed by atoms with Gasteiger partial charge in [-0.05, 0) is 24.6 Å². The van der Waals surface area contributed by atoms with Gasteiger partial charge >= 0.3 is 5.97 Å². The maximum Gasteiger partial charge on any atom is 0.343 e. The van der Waals surface area contributed by atoms with Gasteiger partial charge in [0.05, 0.1) is 23.4 Å². The summed E-state index contributed by atoms with van der Waals surface area (Å²) in [5.41, 5.74) is 0.541. The number of aliphatic imine (C=N–C) groups is 1. The topological polar surface area (TPSA) is 123 Å². The highest BCUT2D eigenvalue weighted by Crippen LogP contribution is 2.25. The second-order valence-electron chi connectivity index (χ2n) is 5.59. The highest BCUT2D eigenvalue weighted by Gasteiger charge is 2.19. The molecule has 1 aromatic heterocycles. The quantitative estimate of drug-likeness (QED) is 0.281. The highest BCUT2D eigenvalue weighted by atomic mass is 16.6. The van der Waals surface area contributed by atoms with Gasteiger partial charge in [0.2, 0.25) is 0 Å². The van der Waals surface area contributed by atoms with Crippen molar-refractivity contribution in [3.05, 3.63) is 76.0 Å². The maximum absolute atomic E-state index is 12.2. The van der Waals surface area contributed by atoms with Crippen LogP contribution in [0.4, 0.5) is 11.5 Å². The largest absolute Gasteiger partial charge is 0.872 e. The second-order valence-corrected chi connectivity index (χ2v) is 5.59. The van der Waals surface area contributed by atoms with E-state index in [1.165, 1.54) is 17.1 Å². The SMILES string of the molecule is CCOC(=O)c1cnn(-c2ccccc2)c1N=Cc1cc([N+](=O)[O-])ccc1[O-]. The average Bonchev–Trinajstić information content (AvgIpc) is 3.12. The van der Waals surface area contributed by atoms with Crippen molar-refractivity contribution in [2.75, 3.05) is 6.61 Å². The predicted octanol–water partition coefficient (Wildman–Crippen LogP) is 2.78. The Balaban J connectivity index is 2.08. The van der Waals surface area contributed by atoms with Gasteiger partial charge in [-0.1, -0.05) is 30.0 Å². The molecular weight excluding hydrogens is 364 g/mol. The van der Waals surface area contributed by atoms with Crippen LogP contribution in [0.2, 0.25) is 0 Å². The average molecular weight is 379 g/mol.